The van der Waals surface area contributed by atoms with Crippen molar-refractivity contribution in [2.75, 3.05) is 0 Å². The van der Waals surface area contributed by atoms with Crippen molar-refractivity contribution in [2.45, 2.75) is 119 Å². The molecule has 3 aliphatic rings. The molecule has 3 aliphatic carbocycles. The Morgan fingerprint density at radius 1 is 1.00 bits per heavy atom. The molecule has 3 fully saturated rings. The molecule has 0 aromatic rings. The fourth-order valence-electron chi connectivity index (χ4n) is 7.85. The quantitative estimate of drug-likeness (QED) is 0.458. The SMILES string of the molecule is C.CC[C@@H](CC1CCCC2(C)C(CCC#N)CCC12)C1CCCCC1(C)C. The molecule has 0 bridgehead atoms. The first-order chi connectivity index (χ1) is 12.4. The molecule has 1 heteroatoms. The molecule has 6 atom stereocenters. The van der Waals surface area contributed by atoms with Gasteiger partial charge in [0.2, 0.25) is 0 Å². The van der Waals surface area contributed by atoms with E-state index < -0.39 is 0 Å². The van der Waals surface area contributed by atoms with Crippen molar-refractivity contribution < 1.29 is 0 Å². The van der Waals surface area contributed by atoms with Crippen molar-refractivity contribution in [3.05, 3.63) is 0 Å². The van der Waals surface area contributed by atoms with E-state index in [0.717, 1.165) is 42.4 Å². The predicted molar refractivity (Wildman–Crippen MR) is 117 cm³/mol. The largest absolute Gasteiger partial charge is 0.198 e. The summed E-state index contributed by atoms with van der Waals surface area (Å²) < 4.78 is 0. The minimum Gasteiger partial charge on any atom is -0.198 e. The molecular weight excluding hydrogens is 326 g/mol. The molecule has 0 N–H and O–H groups in total. The Labute approximate surface area is 170 Å². The lowest BCUT2D eigenvalue weighted by Gasteiger charge is -2.49. The van der Waals surface area contributed by atoms with Crippen LogP contribution in [0.2, 0.25) is 0 Å². The van der Waals surface area contributed by atoms with E-state index in [1.807, 2.05) is 0 Å². The van der Waals surface area contributed by atoms with E-state index in [-0.39, 0.29) is 7.43 Å². The minimum atomic E-state index is 0. The van der Waals surface area contributed by atoms with Crippen molar-refractivity contribution in [1.29, 1.82) is 5.26 Å². The van der Waals surface area contributed by atoms with Gasteiger partial charge in [0, 0.05) is 6.42 Å². The van der Waals surface area contributed by atoms with E-state index in [9.17, 15) is 0 Å². The Balaban J connectivity index is 0.00000261. The van der Waals surface area contributed by atoms with Crippen LogP contribution in [0.5, 0.6) is 0 Å². The van der Waals surface area contributed by atoms with Crippen molar-refractivity contribution in [1.82, 2.24) is 0 Å². The van der Waals surface area contributed by atoms with Crippen LogP contribution in [-0.4, -0.2) is 0 Å². The third kappa shape index (κ3) is 4.57. The minimum absolute atomic E-state index is 0. The van der Waals surface area contributed by atoms with Crippen LogP contribution in [0, 0.1) is 51.8 Å². The zero-order valence-corrected chi connectivity index (χ0v) is 18.0. The standard InChI is InChI=1S/C25H43N.CH4/c1-5-19(22-12-6-7-15-24(22,2)3)18-20-10-8-16-25(4)21(11-9-17-26)13-14-23(20)25;/h19-23H,5-16,18H2,1-4H3;1H4/t19-,20?,21?,22?,23?,25?;/m0./s1. The second-order valence-corrected chi connectivity index (χ2v) is 11.0. The van der Waals surface area contributed by atoms with E-state index in [0.29, 0.717) is 10.8 Å². The summed E-state index contributed by atoms with van der Waals surface area (Å²) in [4.78, 5) is 0. The topological polar surface area (TPSA) is 23.8 Å². The molecule has 0 radical (unpaired) electrons. The first-order valence-corrected chi connectivity index (χ1v) is 11.8. The third-order valence-corrected chi connectivity index (χ3v) is 9.36. The van der Waals surface area contributed by atoms with Crippen LogP contribution in [0.4, 0.5) is 0 Å². The monoisotopic (exact) mass is 373 g/mol. The molecule has 0 aromatic carbocycles. The Morgan fingerprint density at radius 3 is 2.44 bits per heavy atom. The second-order valence-electron chi connectivity index (χ2n) is 11.0. The highest BCUT2D eigenvalue weighted by Crippen LogP contribution is 2.60. The van der Waals surface area contributed by atoms with Crippen LogP contribution in [0.1, 0.15) is 119 Å². The molecule has 3 saturated carbocycles. The van der Waals surface area contributed by atoms with Gasteiger partial charge in [0.05, 0.1) is 6.07 Å². The Hall–Kier alpha value is -0.510. The molecule has 0 heterocycles. The van der Waals surface area contributed by atoms with E-state index in [4.69, 9.17) is 5.26 Å². The van der Waals surface area contributed by atoms with Crippen LogP contribution < -0.4 is 0 Å². The predicted octanol–water partition coefficient (Wildman–Crippen LogP) is 8.39. The number of hydrogen-bond acceptors (Lipinski definition) is 1. The van der Waals surface area contributed by atoms with Gasteiger partial charge in [0.15, 0.2) is 0 Å². The molecule has 0 spiro atoms. The second kappa shape index (κ2) is 9.33. The van der Waals surface area contributed by atoms with Gasteiger partial charge in [-0.05, 0) is 85.4 Å². The van der Waals surface area contributed by atoms with E-state index in [1.165, 1.54) is 70.6 Å². The number of fused-ring (bicyclic) bond motifs is 1. The lowest BCUT2D eigenvalue weighted by molar-refractivity contribution is 0.0114. The Kier molecular flexibility index (Phi) is 7.87. The van der Waals surface area contributed by atoms with Gasteiger partial charge in [0.25, 0.3) is 0 Å². The highest BCUT2D eigenvalue weighted by atomic mass is 14.6. The number of hydrogen-bond donors (Lipinski definition) is 0. The summed E-state index contributed by atoms with van der Waals surface area (Å²) in [6, 6.07) is 2.41. The van der Waals surface area contributed by atoms with Gasteiger partial charge < -0.3 is 0 Å². The summed E-state index contributed by atoms with van der Waals surface area (Å²) in [6.45, 7) is 10.2. The van der Waals surface area contributed by atoms with Crippen molar-refractivity contribution >= 4 is 0 Å². The Bertz CT molecular complexity index is 501. The molecule has 156 valence electrons. The average molecular weight is 374 g/mol. The number of nitriles is 1. The highest BCUT2D eigenvalue weighted by Gasteiger charge is 2.51. The van der Waals surface area contributed by atoms with Gasteiger partial charge in [-0.3, -0.25) is 0 Å². The maximum absolute atomic E-state index is 9.05. The maximum atomic E-state index is 9.05. The lowest BCUT2D eigenvalue weighted by Crippen LogP contribution is -2.40. The van der Waals surface area contributed by atoms with E-state index >= 15 is 0 Å². The van der Waals surface area contributed by atoms with E-state index in [2.05, 4.69) is 33.8 Å². The zero-order chi connectivity index (χ0) is 18.8. The normalized spacial score (nSPS) is 39.1. The molecular formula is C26H47N. The maximum Gasteiger partial charge on any atom is 0.0621 e. The Morgan fingerprint density at radius 2 is 1.78 bits per heavy atom. The molecule has 0 aromatic heterocycles. The first-order valence-electron chi connectivity index (χ1n) is 11.8. The lowest BCUT2D eigenvalue weighted by atomic mass is 9.56. The van der Waals surface area contributed by atoms with Gasteiger partial charge in [-0.25, -0.2) is 0 Å². The molecule has 0 amide bonds. The number of rotatable bonds is 6. The zero-order valence-electron chi connectivity index (χ0n) is 18.0. The van der Waals surface area contributed by atoms with Crippen molar-refractivity contribution in [3.63, 3.8) is 0 Å². The summed E-state index contributed by atoms with van der Waals surface area (Å²) in [5.41, 5.74) is 1.10. The van der Waals surface area contributed by atoms with Crippen molar-refractivity contribution in [2.24, 2.45) is 40.4 Å². The fourth-order valence-corrected chi connectivity index (χ4v) is 7.85. The van der Waals surface area contributed by atoms with Crippen LogP contribution in [-0.2, 0) is 0 Å². The summed E-state index contributed by atoms with van der Waals surface area (Å²) in [7, 11) is 0. The molecule has 0 aliphatic heterocycles. The summed E-state index contributed by atoms with van der Waals surface area (Å²) >= 11 is 0. The third-order valence-electron chi connectivity index (χ3n) is 9.36. The van der Waals surface area contributed by atoms with Gasteiger partial charge in [-0.2, -0.15) is 5.26 Å². The fraction of sp³-hybridized carbons (Fsp3) is 0.962. The van der Waals surface area contributed by atoms with Gasteiger partial charge in [-0.1, -0.05) is 67.2 Å². The summed E-state index contributed by atoms with van der Waals surface area (Å²) in [5.74, 6) is 4.62. The van der Waals surface area contributed by atoms with Gasteiger partial charge in [0.1, 0.15) is 0 Å². The van der Waals surface area contributed by atoms with Gasteiger partial charge in [-0.15, -0.1) is 0 Å². The highest BCUT2D eigenvalue weighted by molar-refractivity contribution is 5.01. The van der Waals surface area contributed by atoms with Crippen LogP contribution in [0.25, 0.3) is 0 Å². The average Bonchev–Trinajstić information content (AvgIpc) is 2.95. The molecule has 0 saturated heterocycles. The summed E-state index contributed by atoms with van der Waals surface area (Å²) in [6.07, 6.45) is 17.8. The van der Waals surface area contributed by atoms with Crippen molar-refractivity contribution in [3.8, 4) is 6.07 Å². The first kappa shape index (κ1) is 22.8. The molecule has 27 heavy (non-hydrogen) atoms. The van der Waals surface area contributed by atoms with Crippen LogP contribution in [0.15, 0.2) is 0 Å². The van der Waals surface area contributed by atoms with Crippen LogP contribution >= 0.6 is 0 Å². The van der Waals surface area contributed by atoms with Gasteiger partial charge >= 0.3 is 0 Å². The molecule has 3 rings (SSSR count). The summed E-state index contributed by atoms with van der Waals surface area (Å²) in [5, 5.41) is 9.05. The van der Waals surface area contributed by atoms with E-state index in [1.54, 1.807) is 0 Å². The molecule has 5 unspecified atom stereocenters. The van der Waals surface area contributed by atoms with Crippen LogP contribution in [0.3, 0.4) is 0 Å². The molecule has 1 nitrogen and oxygen atoms in total. The number of nitrogens with zero attached hydrogens (tertiary/aromatic N) is 1. The smallest absolute Gasteiger partial charge is 0.0621 e.